The molecule has 0 bridgehead atoms. The maximum absolute atomic E-state index is 13.5. The molecule has 0 aliphatic carbocycles. The quantitative estimate of drug-likeness (QED) is 0.0711. The van der Waals surface area contributed by atoms with Crippen LogP contribution in [-0.4, -0.2) is 44.3 Å². The molecule has 1 aromatic heterocycles. The first-order valence-corrected chi connectivity index (χ1v) is 14.0. The van der Waals surface area contributed by atoms with Crippen LogP contribution in [0.4, 0.5) is 11.5 Å². The highest BCUT2D eigenvalue weighted by Crippen LogP contribution is 2.23. The Labute approximate surface area is 258 Å². The molecule has 9 N–H and O–H groups in total. The monoisotopic (exact) mass is 610 g/mol. The first-order chi connectivity index (χ1) is 21.4. The zero-order valence-corrected chi connectivity index (χ0v) is 24.8. The van der Waals surface area contributed by atoms with Crippen molar-refractivity contribution in [2.24, 2.45) is 5.73 Å². The van der Waals surface area contributed by atoms with Gasteiger partial charge in [0.25, 0.3) is 11.5 Å². The first kappa shape index (κ1) is 31.9. The predicted octanol–water partition coefficient (Wildman–Crippen LogP) is 2.54. The number of anilines is 2. The van der Waals surface area contributed by atoms with E-state index in [4.69, 9.17) is 22.0 Å². The number of benzene rings is 3. The van der Waals surface area contributed by atoms with Crippen molar-refractivity contribution in [3.05, 3.63) is 111 Å². The Bertz CT molecular complexity index is 1800. The van der Waals surface area contributed by atoms with Gasteiger partial charge in [0.05, 0.1) is 17.5 Å². The molecule has 0 saturated carbocycles. The van der Waals surface area contributed by atoms with Gasteiger partial charge < -0.3 is 32.5 Å². The number of carboxylic acids is 1. The van der Waals surface area contributed by atoms with Crippen molar-refractivity contribution in [2.75, 3.05) is 11.1 Å². The number of carboxylic acid groups (broad SMARTS) is 1. The minimum absolute atomic E-state index is 0.0598. The number of hydrogen-bond donors (Lipinski definition) is 7. The standard InChI is InChI=1S/C32H34N8O5/c1-18(2)39-29-31(43)40(17-27(41)36-14-19-3-7-21(8-4-19)28(34)35)26(16-37-29)23-11-24(13-25(33)12-23)30(42)38-15-20-5-9-22(10-6-20)32(44)45/h3-13,16,18H,14-15,17,33H2,1-2H3,(H3,34,35)(H,36,41)(H,37,39)(H,38,42)(H,44,45). The van der Waals surface area contributed by atoms with Crippen molar-refractivity contribution in [3.63, 3.8) is 0 Å². The Morgan fingerprint density at radius 2 is 1.51 bits per heavy atom. The number of amides is 2. The van der Waals surface area contributed by atoms with Gasteiger partial charge in [0.1, 0.15) is 12.4 Å². The second kappa shape index (κ2) is 14.0. The van der Waals surface area contributed by atoms with E-state index in [0.717, 1.165) is 5.56 Å². The minimum atomic E-state index is -1.04. The molecule has 0 atom stereocenters. The number of nitrogens with one attached hydrogen (secondary N) is 4. The topological polar surface area (TPSA) is 218 Å². The number of carbonyl (C=O) groups is 3. The van der Waals surface area contributed by atoms with Crippen LogP contribution in [0.3, 0.4) is 0 Å². The van der Waals surface area contributed by atoms with Crippen LogP contribution in [0.15, 0.2) is 77.7 Å². The molecule has 232 valence electrons. The third kappa shape index (κ3) is 8.32. The molecule has 0 aliphatic heterocycles. The lowest BCUT2D eigenvalue weighted by atomic mass is 10.1. The van der Waals surface area contributed by atoms with Crippen LogP contribution in [0.1, 0.15) is 51.3 Å². The number of aromatic nitrogens is 2. The summed E-state index contributed by atoms with van der Waals surface area (Å²) in [5, 5.41) is 25.2. The number of aromatic carboxylic acids is 1. The minimum Gasteiger partial charge on any atom is -0.478 e. The van der Waals surface area contributed by atoms with Crippen LogP contribution in [0.25, 0.3) is 11.3 Å². The Morgan fingerprint density at radius 3 is 2.09 bits per heavy atom. The van der Waals surface area contributed by atoms with E-state index >= 15 is 0 Å². The Morgan fingerprint density at radius 1 is 0.911 bits per heavy atom. The molecule has 45 heavy (non-hydrogen) atoms. The van der Waals surface area contributed by atoms with Crippen LogP contribution >= 0.6 is 0 Å². The van der Waals surface area contributed by atoms with Crippen LogP contribution in [0.5, 0.6) is 0 Å². The zero-order valence-electron chi connectivity index (χ0n) is 24.8. The van der Waals surface area contributed by atoms with Gasteiger partial charge in [-0.3, -0.25) is 24.4 Å². The van der Waals surface area contributed by atoms with Crippen LogP contribution < -0.4 is 33.0 Å². The van der Waals surface area contributed by atoms with Gasteiger partial charge in [-0.25, -0.2) is 9.78 Å². The number of nitrogens with two attached hydrogens (primary N) is 2. The number of hydrogen-bond acceptors (Lipinski definition) is 8. The van der Waals surface area contributed by atoms with Gasteiger partial charge in [0.15, 0.2) is 5.82 Å². The van der Waals surface area contributed by atoms with E-state index in [-0.39, 0.29) is 59.8 Å². The summed E-state index contributed by atoms with van der Waals surface area (Å²) in [4.78, 5) is 55.0. The van der Waals surface area contributed by atoms with Gasteiger partial charge in [-0.1, -0.05) is 36.4 Å². The molecule has 0 aliphatic rings. The molecule has 3 aromatic carbocycles. The molecule has 13 nitrogen and oxygen atoms in total. The fourth-order valence-electron chi connectivity index (χ4n) is 4.43. The Hall–Kier alpha value is -5.98. The largest absolute Gasteiger partial charge is 0.478 e. The number of carbonyl (C=O) groups excluding carboxylic acids is 2. The van der Waals surface area contributed by atoms with Crippen LogP contribution in [0.2, 0.25) is 0 Å². The van der Waals surface area contributed by atoms with Gasteiger partial charge in [-0.05, 0) is 55.3 Å². The summed E-state index contributed by atoms with van der Waals surface area (Å²) in [5.41, 5.74) is 14.5. The lowest BCUT2D eigenvalue weighted by Crippen LogP contribution is -2.35. The number of nitrogens with zero attached hydrogens (tertiary/aromatic N) is 2. The Kier molecular flexibility index (Phi) is 9.93. The maximum atomic E-state index is 13.5. The fraction of sp³-hybridized carbons (Fsp3) is 0.188. The smallest absolute Gasteiger partial charge is 0.335 e. The zero-order chi connectivity index (χ0) is 32.7. The van der Waals surface area contributed by atoms with Gasteiger partial charge in [0, 0.05) is 41.5 Å². The van der Waals surface area contributed by atoms with Gasteiger partial charge in [0.2, 0.25) is 5.91 Å². The fourth-order valence-corrected chi connectivity index (χ4v) is 4.43. The van der Waals surface area contributed by atoms with Gasteiger partial charge in [-0.2, -0.15) is 0 Å². The second-order valence-corrected chi connectivity index (χ2v) is 10.6. The summed E-state index contributed by atoms with van der Waals surface area (Å²) in [5.74, 6) is -1.92. The van der Waals surface area contributed by atoms with Gasteiger partial charge >= 0.3 is 5.97 Å². The molecular formula is C32H34N8O5. The average Bonchev–Trinajstić information content (AvgIpc) is 3.00. The molecule has 0 saturated heterocycles. The van der Waals surface area contributed by atoms with Crippen molar-refractivity contribution < 1.29 is 19.5 Å². The molecule has 0 spiro atoms. The third-order valence-corrected chi connectivity index (χ3v) is 6.70. The normalized spacial score (nSPS) is 10.7. The lowest BCUT2D eigenvalue weighted by Gasteiger charge is -2.17. The van der Waals surface area contributed by atoms with E-state index in [1.807, 2.05) is 13.8 Å². The van der Waals surface area contributed by atoms with E-state index < -0.39 is 23.3 Å². The third-order valence-electron chi connectivity index (χ3n) is 6.70. The number of rotatable bonds is 12. The second-order valence-electron chi connectivity index (χ2n) is 10.6. The summed E-state index contributed by atoms with van der Waals surface area (Å²) in [6.45, 7) is 3.70. The summed E-state index contributed by atoms with van der Waals surface area (Å²) in [6.07, 6.45) is 1.44. The highest BCUT2D eigenvalue weighted by Gasteiger charge is 2.18. The van der Waals surface area contributed by atoms with Crippen LogP contribution in [-0.2, 0) is 24.4 Å². The van der Waals surface area contributed by atoms with Crippen molar-refractivity contribution in [1.29, 1.82) is 5.41 Å². The number of amidine groups is 1. The van der Waals surface area contributed by atoms with Gasteiger partial charge in [-0.15, -0.1) is 0 Å². The van der Waals surface area contributed by atoms with E-state index in [2.05, 4.69) is 20.9 Å². The summed E-state index contributed by atoms with van der Waals surface area (Å²) in [7, 11) is 0. The van der Waals surface area contributed by atoms with Crippen LogP contribution in [0, 0.1) is 5.41 Å². The molecule has 13 heteroatoms. The van der Waals surface area contributed by atoms with Crippen molar-refractivity contribution in [2.45, 2.75) is 39.5 Å². The highest BCUT2D eigenvalue weighted by molar-refractivity contribution is 5.96. The highest BCUT2D eigenvalue weighted by atomic mass is 16.4. The first-order valence-electron chi connectivity index (χ1n) is 14.0. The Balaban J connectivity index is 1.58. The van der Waals surface area contributed by atoms with E-state index in [9.17, 15) is 19.2 Å². The van der Waals surface area contributed by atoms with E-state index in [0.29, 0.717) is 16.7 Å². The maximum Gasteiger partial charge on any atom is 0.335 e. The molecular weight excluding hydrogens is 576 g/mol. The average molecular weight is 611 g/mol. The van der Waals surface area contributed by atoms with Crippen molar-refractivity contribution in [3.8, 4) is 11.3 Å². The summed E-state index contributed by atoms with van der Waals surface area (Å²) in [6, 6.07) is 17.5. The van der Waals surface area contributed by atoms with Crippen molar-refractivity contribution >= 4 is 35.1 Å². The lowest BCUT2D eigenvalue weighted by molar-refractivity contribution is -0.121. The molecule has 1 heterocycles. The molecule has 0 fully saturated rings. The molecule has 2 amide bonds. The summed E-state index contributed by atoms with van der Waals surface area (Å²) >= 11 is 0. The molecule has 4 aromatic rings. The van der Waals surface area contributed by atoms with E-state index in [1.165, 1.54) is 29.0 Å². The molecule has 0 radical (unpaired) electrons. The number of nitrogen functional groups attached to an aromatic ring is 2. The molecule has 0 unspecified atom stereocenters. The molecule has 4 rings (SSSR count). The summed E-state index contributed by atoms with van der Waals surface area (Å²) < 4.78 is 1.27. The predicted molar refractivity (Wildman–Crippen MR) is 171 cm³/mol. The SMILES string of the molecule is CC(C)Nc1ncc(-c2cc(N)cc(C(=O)NCc3ccc(C(=O)O)cc3)c2)n(CC(=O)NCc2ccc(C(=N)N)cc2)c1=O. The van der Waals surface area contributed by atoms with E-state index in [1.54, 1.807) is 48.5 Å². The van der Waals surface area contributed by atoms with Crippen molar-refractivity contribution in [1.82, 2.24) is 20.2 Å².